The van der Waals surface area contributed by atoms with Crippen LogP contribution in [0.25, 0.3) is 0 Å². The van der Waals surface area contributed by atoms with Crippen LogP contribution in [0.4, 0.5) is 8.78 Å². The molecule has 0 bridgehead atoms. The van der Waals surface area contributed by atoms with Crippen LogP contribution in [0.2, 0.25) is 5.02 Å². The zero-order chi connectivity index (χ0) is 13.8. The molecule has 0 radical (unpaired) electrons. The molecule has 0 aliphatic rings. The Hall–Kier alpha value is -1.45. The molecular weight excluding hydrogens is 268 g/mol. The summed E-state index contributed by atoms with van der Waals surface area (Å²) >= 11 is 5.82. The lowest BCUT2D eigenvalue weighted by molar-refractivity contribution is 0.554. The largest absolute Gasteiger partial charge is 0.306 e. The van der Waals surface area contributed by atoms with Crippen molar-refractivity contribution < 1.29 is 8.78 Å². The number of nitrogens with one attached hydrogen (secondary N) is 1. The lowest BCUT2D eigenvalue weighted by atomic mass is 10.1. The Labute approximate surface area is 116 Å². The van der Waals surface area contributed by atoms with Crippen LogP contribution >= 0.6 is 11.6 Å². The Morgan fingerprint density at radius 1 is 1.05 bits per heavy atom. The van der Waals surface area contributed by atoms with Gasteiger partial charge in [0.05, 0.1) is 0 Å². The first kappa shape index (κ1) is 14.0. The molecule has 19 heavy (non-hydrogen) atoms. The maximum Gasteiger partial charge on any atom is 0.126 e. The van der Waals surface area contributed by atoms with Gasteiger partial charge in [0.15, 0.2) is 0 Å². The smallest absolute Gasteiger partial charge is 0.126 e. The molecule has 0 saturated carbocycles. The van der Waals surface area contributed by atoms with Crippen molar-refractivity contribution >= 4 is 11.6 Å². The predicted molar refractivity (Wildman–Crippen MR) is 73.1 cm³/mol. The summed E-state index contributed by atoms with van der Waals surface area (Å²) in [5, 5.41) is 3.90. The molecular formula is C15H14ClF2N. The zero-order valence-corrected chi connectivity index (χ0v) is 11.2. The Morgan fingerprint density at radius 2 is 1.63 bits per heavy atom. The summed E-state index contributed by atoms with van der Waals surface area (Å²) in [7, 11) is 0. The highest BCUT2D eigenvalue weighted by Crippen LogP contribution is 2.17. The quantitative estimate of drug-likeness (QED) is 0.872. The lowest BCUT2D eigenvalue weighted by Gasteiger charge is -2.14. The van der Waals surface area contributed by atoms with Crippen LogP contribution in [0.15, 0.2) is 42.5 Å². The van der Waals surface area contributed by atoms with Crippen LogP contribution in [-0.2, 0) is 6.54 Å². The van der Waals surface area contributed by atoms with Crippen LogP contribution in [0.1, 0.15) is 24.1 Å². The van der Waals surface area contributed by atoms with Crippen molar-refractivity contribution in [2.24, 2.45) is 0 Å². The van der Waals surface area contributed by atoms with E-state index in [0.717, 1.165) is 11.6 Å². The molecule has 100 valence electrons. The van der Waals surface area contributed by atoms with E-state index in [1.807, 2.05) is 31.2 Å². The maximum atomic E-state index is 13.0. The second-order valence-corrected chi connectivity index (χ2v) is 4.87. The highest BCUT2D eigenvalue weighted by atomic mass is 35.5. The Morgan fingerprint density at radius 3 is 2.21 bits per heavy atom. The van der Waals surface area contributed by atoms with E-state index < -0.39 is 11.6 Å². The van der Waals surface area contributed by atoms with Crippen LogP contribution < -0.4 is 5.32 Å². The van der Waals surface area contributed by atoms with Gasteiger partial charge in [-0.3, -0.25) is 0 Å². The van der Waals surface area contributed by atoms with E-state index in [1.165, 1.54) is 12.1 Å². The number of rotatable bonds is 4. The van der Waals surface area contributed by atoms with E-state index in [0.29, 0.717) is 17.1 Å². The molecule has 0 aromatic heterocycles. The normalized spacial score (nSPS) is 12.4. The van der Waals surface area contributed by atoms with Gasteiger partial charge in [0.1, 0.15) is 11.6 Å². The average molecular weight is 282 g/mol. The molecule has 0 saturated heterocycles. The second-order valence-electron chi connectivity index (χ2n) is 4.43. The summed E-state index contributed by atoms with van der Waals surface area (Å²) in [5.41, 5.74) is 1.65. The van der Waals surface area contributed by atoms with Gasteiger partial charge < -0.3 is 5.32 Å². The van der Waals surface area contributed by atoms with Crippen LogP contribution in [0.5, 0.6) is 0 Å². The topological polar surface area (TPSA) is 12.0 Å². The minimum Gasteiger partial charge on any atom is -0.306 e. The molecule has 4 heteroatoms. The van der Waals surface area contributed by atoms with Gasteiger partial charge in [0.2, 0.25) is 0 Å². The number of hydrogen-bond acceptors (Lipinski definition) is 1. The van der Waals surface area contributed by atoms with E-state index in [-0.39, 0.29) is 6.04 Å². The maximum absolute atomic E-state index is 13.0. The molecule has 0 amide bonds. The minimum absolute atomic E-state index is 0.0728. The molecule has 1 N–H and O–H groups in total. The third kappa shape index (κ3) is 4.01. The third-order valence-corrected chi connectivity index (χ3v) is 3.16. The summed E-state index contributed by atoms with van der Waals surface area (Å²) in [4.78, 5) is 0. The first-order chi connectivity index (χ1) is 9.04. The standard InChI is InChI=1S/C15H14ClF2N/c1-10(12-2-4-13(16)5-3-12)19-9-11-6-14(17)8-15(18)7-11/h2-8,10,19H,9H2,1H3/t10-/m0/s1. The molecule has 1 nitrogen and oxygen atoms in total. The summed E-state index contributed by atoms with van der Waals surface area (Å²) in [6, 6.07) is 11.1. The van der Waals surface area contributed by atoms with E-state index >= 15 is 0 Å². The van der Waals surface area contributed by atoms with Gasteiger partial charge in [-0.2, -0.15) is 0 Å². The molecule has 2 aromatic rings. The van der Waals surface area contributed by atoms with E-state index in [1.54, 1.807) is 0 Å². The Balaban J connectivity index is 1.99. The van der Waals surface area contributed by atoms with Gasteiger partial charge in [0.25, 0.3) is 0 Å². The summed E-state index contributed by atoms with van der Waals surface area (Å²) in [5.74, 6) is -1.12. The van der Waals surface area contributed by atoms with Crippen molar-refractivity contribution in [3.8, 4) is 0 Å². The fourth-order valence-corrected chi connectivity index (χ4v) is 1.98. The molecule has 1 atom stereocenters. The molecule has 0 heterocycles. The Bertz CT molecular complexity index is 534. The van der Waals surface area contributed by atoms with Crippen LogP contribution in [-0.4, -0.2) is 0 Å². The highest BCUT2D eigenvalue weighted by Gasteiger charge is 2.06. The van der Waals surface area contributed by atoms with Crippen molar-refractivity contribution in [1.82, 2.24) is 5.32 Å². The van der Waals surface area contributed by atoms with Crippen LogP contribution in [0, 0.1) is 11.6 Å². The molecule has 2 aromatic carbocycles. The van der Waals surface area contributed by atoms with Gasteiger partial charge >= 0.3 is 0 Å². The lowest BCUT2D eigenvalue weighted by Crippen LogP contribution is -2.18. The fourth-order valence-electron chi connectivity index (χ4n) is 1.85. The monoisotopic (exact) mass is 281 g/mol. The van der Waals surface area contributed by atoms with Gasteiger partial charge in [-0.05, 0) is 42.3 Å². The summed E-state index contributed by atoms with van der Waals surface area (Å²) in [6.45, 7) is 2.39. The first-order valence-corrected chi connectivity index (χ1v) is 6.36. The molecule has 0 spiro atoms. The number of hydrogen-bond donors (Lipinski definition) is 1. The number of benzene rings is 2. The van der Waals surface area contributed by atoms with Gasteiger partial charge in [-0.25, -0.2) is 8.78 Å². The molecule has 0 fully saturated rings. The van der Waals surface area contributed by atoms with Crippen molar-refractivity contribution in [3.63, 3.8) is 0 Å². The van der Waals surface area contributed by atoms with Crippen molar-refractivity contribution in [2.45, 2.75) is 19.5 Å². The Kier molecular flexibility index (Phi) is 4.51. The van der Waals surface area contributed by atoms with Gasteiger partial charge in [-0.1, -0.05) is 23.7 Å². The third-order valence-electron chi connectivity index (χ3n) is 2.90. The van der Waals surface area contributed by atoms with Crippen LogP contribution in [0.3, 0.4) is 0 Å². The summed E-state index contributed by atoms with van der Waals surface area (Å²) in [6.07, 6.45) is 0. The highest BCUT2D eigenvalue weighted by molar-refractivity contribution is 6.30. The van der Waals surface area contributed by atoms with Gasteiger partial charge in [-0.15, -0.1) is 0 Å². The molecule has 0 aliphatic heterocycles. The first-order valence-electron chi connectivity index (χ1n) is 5.98. The van der Waals surface area contributed by atoms with Gasteiger partial charge in [0, 0.05) is 23.7 Å². The molecule has 2 rings (SSSR count). The predicted octanol–water partition coefficient (Wildman–Crippen LogP) is 4.47. The average Bonchev–Trinajstić information content (AvgIpc) is 2.36. The number of halogens is 3. The second kappa shape index (κ2) is 6.13. The van der Waals surface area contributed by atoms with Crippen molar-refractivity contribution in [1.29, 1.82) is 0 Å². The van der Waals surface area contributed by atoms with E-state index in [2.05, 4.69) is 5.32 Å². The molecule has 0 aliphatic carbocycles. The SMILES string of the molecule is C[C@H](NCc1cc(F)cc(F)c1)c1ccc(Cl)cc1. The molecule has 0 unspecified atom stereocenters. The van der Waals surface area contributed by atoms with E-state index in [4.69, 9.17) is 11.6 Å². The van der Waals surface area contributed by atoms with Crippen molar-refractivity contribution in [3.05, 3.63) is 70.2 Å². The fraction of sp³-hybridized carbons (Fsp3) is 0.200. The van der Waals surface area contributed by atoms with E-state index in [9.17, 15) is 8.78 Å². The summed E-state index contributed by atoms with van der Waals surface area (Å²) < 4.78 is 26.1. The zero-order valence-electron chi connectivity index (χ0n) is 10.5. The minimum atomic E-state index is -0.559. The van der Waals surface area contributed by atoms with Crippen molar-refractivity contribution in [2.75, 3.05) is 0 Å².